The highest BCUT2D eigenvalue weighted by atomic mass is 32.2. The van der Waals surface area contributed by atoms with Crippen LogP contribution < -0.4 is 14.8 Å². The van der Waals surface area contributed by atoms with Gasteiger partial charge in [0.05, 0.1) is 14.2 Å². The zero-order valence-electron chi connectivity index (χ0n) is 15.1. The minimum absolute atomic E-state index is 0.0766. The van der Waals surface area contributed by atoms with Crippen LogP contribution in [-0.4, -0.2) is 50.4 Å². The van der Waals surface area contributed by atoms with Crippen LogP contribution >= 0.6 is 0 Å². The Bertz CT molecular complexity index is 896. The molecule has 0 spiro atoms. The molecule has 1 N–H and O–H groups in total. The van der Waals surface area contributed by atoms with E-state index in [0.29, 0.717) is 30.0 Å². The third-order valence-corrected chi connectivity index (χ3v) is 6.26. The highest BCUT2D eigenvalue weighted by Gasteiger charge is 2.39. The summed E-state index contributed by atoms with van der Waals surface area (Å²) in [6.07, 6.45) is 3.85. The average Bonchev–Trinajstić information content (AvgIpc) is 3.19. The largest absolute Gasteiger partial charge is 0.497 e. The molecule has 1 aromatic carbocycles. The highest BCUT2D eigenvalue weighted by Crippen LogP contribution is 2.29. The molecule has 2 aromatic rings. The normalized spacial score (nSPS) is 17.5. The fourth-order valence-corrected chi connectivity index (χ4v) is 4.65. The Morgan fingerprint density at radius 1 is 1.22 bits per heavy atom. The zero-order valence-corrected chi connectivity index (χ0v) is 15.9. The van der Waals surface area contributed by atoms with Crippen molar-refractivity contribution in [2.75, 3.05) is 26.1 Å². The molecular weight excluding hydrogens is 370 g/mol. The topological polar surface area (TPSA) is 97.8 Å². The molecule has 1 aromatic heterocycles. The van der Waals surface area contributed by atoms with Crippen molar-refractivity contribution in [3.63, 3.8) is 0 Å². The van der Waals surface area contributed by atoms with Gasteiger partial charge in [-0.1, -0.05) is 0 Å². The van der Waals surface area contributed by atoms with Crippen LogP contribution in [0.4, 0.5) is 5.69 Å². The second-order valence-electron chi connectivity index (χ2n) is 6.05. The van der Waals surface area contributed by atoms with E-state index in [1.807, 2.05) is 0 Å². The first-order valence-corrected chi connectivity index (χ1v) is 9.85. The molecule has 9 heteroatoms. The van der Waals surface area contributed by atoms with Crippen LogP contribution in [0, 0.1) is 0 Å². The maximum Gasteiger partial charge on any atom is 0.245 e. The van der Waals surface area contributed by atoms with E-state index in [9.17, 15) is 13.2 Å². The van der Waals surface area contributed by atoms with Crippen molar-refractivity contribution >= 4 is 21.6 Å². The summed E-state index contributed by atoms with van der Waals surface area (Å²) in [6.45, 7) is 0.288. The van der Waals surface area contributed by atoms with Crippen LogP contribution in [0.3, 0.4) is 0 Å². The Kier molecular flexibility index (Phi) is 5.62. The smallest absolute Gasteiger partial charge is 0.245 e. The molecule has 1 unspecified atom stereocenters. The predicted octanol–water partition coefficient (Wildman–Crippen LogP) is 1.89. The number of nitrogens with one attached hydrogen (secondary N) is 1. The lowest BCUT2D eigenvalue weighted by Crippen LogP contribution is -2.43. The number of carbonyl (C=O) groups is 1. The summed E-state index contributed by atoms with van der Waals surface area (Å²) in [7, 11) is -0.763. The van der Waals surface area contributed by atoms with Crippen molar-refractivity contribution < 1.29 is 22.7 Å². The molecule has 0 bridgehead atoms. The SMILES string of the molecule is COc1cc(NC(=O)C2CCCN2S(=O)(=O)c2cccnc2)cc(OC)c1. The van der Waals surface area contributed by atoms with Gasteiger partial charge < -0.3 is 14.8 Å². The summed E-state index contributed by atoms with van der Waals surface area (Å²) in [6, 6.07) is 7.23. The number of rotatable bonds is 6. The van der Waals surface area contributed by atoms with Gasteiger partial charge in [-0.2, -0.15) is 4.31 Å². The van der Waals surface area contributed by atoms with Crippen molar-refractivity contribution in [1.82, 2.24) is 9.29 Å². The Morgan fingerprint density at radius 2 is 1.93 bits per heavy atom. The number of pyridine rings is 1. The molecule has 0 radical (unpaired) electrons. The monoisotopic (exact) mass is 391 g/mol. The minimum atomic E-state index is -3.79. The van der Waals surface area contributed by atoms with Crippen LogP contribution in [0.25, 0.3) is 0 Å². The fourth-order valence-electron chi connectivity index (χ4n) is 3.03. The van der Waals surface area contributed by atoms with E-state index in [1.165, 1.54) is 37.0 Å². The average molecular weight is 391 g/mol. The van der Waals surface area contributed by atoms with E-state index in [-0.39, 0.29) is 11.4 Å². The number of benzene rings is 1. The van der Waals surface area contributed by atoms with Crippen LogP contribution in [-0.2, 0) is 14.8 Å². The second kappa shape index (κ2) is 7.93. The molecule has 0 saturated carbocycles. The summed E-state index contributed by atoms with van der Waals surface area (Å²) in [5, 5.41) is 2.77. The number of carbonyl (C=O) groups excluding carboxylic acids is 1. The molecule has 1 aliphatic heterocycles. The van der Waals surface area contributed by atoms with E-state index in [2.05, 4.69) is 10.3 Å². The van der Waals surface area contributed by atoms with Crippen molar-refractivity contribution in [2.45, 2.75) is 23.8 Å². The first-order chi connectivity index (χ1) is 13.0. The molecule has 144 valence electrons. The fraction of sp³-hybridized carbons (Fsp3) is 0.333. The van der Waals surface area contributed by atoms with Gasteiger partial charge in [0.25, 0.3) is 0 Å². The van der Waals surface area contributed by atoms with Crippen molar-refractivity contribution in [1.29, 1.82) is 0 Å². The van der Waals surface area contributed by atoms with Crippen LogP contribution in [0.5, 0.6) is 11.5 Å². The van der Waals surface area contributed by atoms with Gasteiger partial charge in [0, 0.05) is 42.8 Å². The number of aromatic nitrogens is 1. The summed E-state index contributed by atoms with van der Waals surface area (Å²) >= 11 is 0. The molecule has 1 saturated heterocycles. The standard InChI is InChI=1S/C18H21N3O5S/c1-25-14-9-13(10-15(11-14)26-2)20-18(22)17-6-4-8-21(17)27(23,24)16-5-3-7-19-12-16/h3,5,7,9-12,17H,4,6,8H2,1-2H3,(H,20,22). The first-order valence-electron chi connectivity index (χ1n) is 8.41. The van der Waals surface area contributed by atoms with Gasteiger partial charge in [-0.3, -0.25) is 9.78 Å². The van der Waals surface area contributed by atoms with Crippen molar-refractivity contribution in [3.05, 3.63) is 42.7 Å². The zero-order chi connectivity index (χ0) is 19.4. The Hall–Kier alpha value is -2.65. The number of ether oxygens (including phenoxy) is 2. The highest BCUT2D eigenvalue weighted by molar-refractivity contribution is 7.89. The van der Waals surface area contributed by atoms with Gasteiger partial charge in [0.2, 0.25) is 15.9 Å². The van der Waals surface area contributed by atoms with E-state index in [1.54, 1.807) is 24.3 Å². The molecule has 0 aliphatic carbocycles. The predicted molar refractivity (Wildman–Crippen MR) is 99.3 cm³/mol. The number of sulfonamides is 1. The molecular formula is C18H21N3O5S. The van der Waals surface area contributed by atoms with Gasteiger partial charge >= 0.3 is 0 Å². The van der Waals surface area contributed by atoms with Crippen molar-refractivity contribution in [3.8, 4) is 11.5 Å². The number of amides is 1. The van der Waals surface area contributed by atoms with E-state index in [4.69, 9.17) is 9.47 Å². The molecule has 2 heterocycles. The molecule has 1 aliphatic rings. The second-order valence-corrected chi connectivity index (χ2v) is 7.94. The summed E-state index contributed by atoms with van der Waals surface area (Å²) in [4.78, 5) is 16.7. The lowest BCUT2D eigenvalue weighted by molar-refractivity contribution is -0.119. The number of hydrogen-bond donors (Lipinski definition) is 1. The van der Waals surface area contributed by atoms with E-state index >= 15 is 0 Å². The number of methoxy groups -OCH3 is 2. The van der Waals surface area contributed by atoms with Gasteiger partial charge in [0.15, 0.2) is 0 Å². The van der Waals surface area contributed by atoms with Gasteiger partial charge in [-0.25, -0.2) is 8.42 Å². The Morgan fingerprint density at radius 3 is 2.52 bits per heavy atom. The Balaban J connectivity index is 1.82. The van der Waals surface area contributed by atoms with Crippen molar-refractivity contribution in [2.24, 2.45) is 0 Å². The van der Waals surface area contributed by atoms with Gasteiger partial charge in [0.1, 0.15) is 22.4 Å². The molecule has 1 fully saturated rings. The molecule has 8 nitrogen and oxygen atoms in total. The number of nitrogens with zero attached hydrogens (tertiary/aromatic N) is 2. The molecule has 1 amide bonds. The van der Waals surface area contributed by atoms with Crippen LogP contribution in [0.1, 0.15) is 12.8 Å². The van der Waals surface area contributed by atoms with E-state index in [0.717, 1.165) is 0 Å². The lowest BCUT2D eigenvalue weighted by Gasteiger charge is -2.23. The van der Waals surface area contributed by atoms with Crippen LogP contribution in [0.2, 0.25) is 0 Å². The van der Waals surface area contributed by atoms with Gasteiger partial charge in [-0.05, 0) is 25.0 Å². The summed E-state index contributed by atoms with van der Waals surface area (Å²) in [5.41, 5.74) is 0.474. The van der Waals surface area contributed by atoms with Gasteiger partial charge in [-0.15, -0.1) is 0 Å². The third-order valence-electron chi connectivity index (χ3n) is 4.37. The molecule has 3 rings (SSSR count). The summed E-state index contributed by atoms with van der Waals surface area (Å²) < 4.78 is 37.4. The maximum absolute atomic E-state index is 12.9. The molecule has 1 atom stereocenters. The number of hydrogen-bond acceptors (Lipinski definition) is 6. The van der Waals surface area contributed by atoms with Crippen LogP contribution in [0.15, 0.2) is 47.6 Å². The lowest BCUT2D eigenvalue weighted by atomic mass is 10.2. The Labute approximate surface area is 158 Å². The summed E-state index contributed by atoms with van der Waals surface area (Å²) in [5.74, 6) is 0.655. The van der Waals surface area contributed by atoms with E-state index < -0.39 is 22.0 Å². The third kappa shape index (κ3) is 4.04. The molecule has 27 heavy (non-hydrogen) atoms. The quantitative estimate of drug-likeness (QED) is 0.808. The maximum atomic E-state index is 12.9. The minimum Gasteiger partial charge on any atom is -0.497 e. The first kappa shape index (κ1) is 19.1. The number of anilines is 1.